The molecule has 0 aromatic carbocycles. The summed E-state index contributed by atoms with van der Waals surface area (Å²) in [5, 5.41) is 23.5. The summed E-state index contributed by atoms with van der Waals surface area (Å²) in [6.07, 6.45) is 88.5. The van der Waals surface area contributed by atoms with Crippen LogP contribution in [0.2, 0.25) is 0 Å². The van der Waals surface area contributed by atoms with Crippen LogP contribution in [0.25, 0.3) is 0 Å². The van der Waals surface area contributed by atoms with Crippen LogP contribution >= 0.6 is 0 Å². The Hall–Kier alpha value is -1.40. The second-order valence-electron chi connectivity index (χ2n) is 26.0. The number of aliphatic hydroxyl groups excluding tert-OH is 2. The van der Waals surface area contributed by atoms with Gasteiger partial charge in [0, 0.05) is 12.8 Å². The van der Waals surface area contributed by atoms with Crippen LogP contribution in [0.15, 0.2) is 12.2 Å². The number of amides is 1. The smallest absolute Gasteiger partial charge is 0.305 e. The Morgan fingerprint density at radius 2 is 0.580 bits per heavy atom. The van der Waals surface area contributed by atoms with Crippen LogP contribution in [0, 0.1) is 0 Å². The fourth-order valence-corrected chi connectivity index (χ4v) is 12.1. The van der Waals surface area contributed by atoms with Crippen LogP contribution in [0.1, 0.15) is 431 Å². The molecule has 0 saturated carbocycles. The van der Waals surface area contributed by atoms with Gasteiger partial charge < -0.3 is 20.3 Å². The number of aliphatic hydroxyl groups is 2. The minimum absolute atomic E-state index is 0.0104. The summed E-state index contributed by atoms with van der Waals surface area (Å²) in [5.74, 6) is -0.0154. The van der Waals surface area contributed by atoms with Crippen molar-refractivity contribution in [2.45, 2.75) is 443 Å². The van der Waals surface area contributed by atoms with Crippen molar-refractivity contribution in [3.8, 4) is 0 Å². The number of carbonyl (C=O) groups is 2. The van der Waals surface area contributed by atoms with Gasteiger partial charge in [-0.15, -0.1) is 0 Å². The maximum Gasteiger partial charge on any atom is 0.305 e. The van der Waals surface area contributed by atoms with Crippen LogP contribution in [0.3, 0.4) is 0 Å². The van der Waals surface area contributed by atoms with Gasteiger partial charge in [0.25, 0.3) is 0 Å². The molecular weight excluding hydrogens is 995 g/mol. The summed E-state index contributed by atoms with van der Waals surface area (Å²) in [6.45, 7) is 4.98. The SMILES string of the molecule is CCCCC/C=C\CCCCCCCC(=O)OCCCCCCCCCCCCCCCCCCCCCCCCCCCCCCCC(=O)NC(CO)C(O)CCCCCCCCCCCCCCCCCCCCCCCCC. The van der Waals surface area contributed by atoms with Crippen LogP contribution < -0.4 is 5.32 Å². The highest BCUT2D eigenvalue weighted by Crippen LogP contribution is 2.20. The largest absolute Gasteiger partial charge is 0.466 e. The first-order valence-electron chi connectivity index (χ1n) is 37.4. The lowest BCUT2D eigenvalue weighted by atomic mass is 10.0. The Labute approximate surface area is 508 Å². The Bertz CT molecular complexity index is 1220. The molecular formula is C75H147NO5. The van der Waals surface area contributed by atoms with Gasteiger partial charge in [-0.25, -0.2) is 0 Å². The molecule has 0 aromatic heterocycles. The molecule has 0 aliphatic carbocycles. The lowest BCUT2D eigenvalue weighted by Gasteiger charge is -2.22. The zero-order valence-electron chi connectivity index (χ0n) is 55.3. The molecule has 0 aromatic rings. The molecule has 2 unspecified atom stereocenters. The summed E-state index contributed by atoms with van der Waals surface area (Å²) in [7, 11) is 0. The molecule has 482 valence electrons. The van der Waals surface area contributed by atoms with Gasteiger partial charge in [0.2, 0.25) is 5.91 Å². The monoisotopic (exact) mass is 1140 g/mol. The Morgan fingerprint density at radius 3 is 0.901 bits per heavy atom. The summed E-state index contributed by atoms with van der Waals surface area (Å²) in [4.78, 5) is 24.6. The molecule has 2 atom stereocenters. The molecule has 0 bridgehead atoms. The Morgan fingerprint density at radius 1 is 0.333 bits per heavy atom. The molecule has 0 rings (SSSR count). The van der Waals surface area contributed by atoms with Crippen molar-refractivity contribution < 1.29 is 24.5 Å². The highest BCUT2D eigenvalue weighted by atomic mass is 16.5. The second kappa shape index (κ2) is 71.1. The van der Waals surface area contributed by atoms with Crippen molar-refractivity contribution in [2.24, 2.45) is 0 Å². The van der Waals surface area contributed by atoms with E-state index in [4.69, 9.17) is 4.74 Å². The Kier molecular flexibility index (Phi) is 69.9. The number of hydrogen-bond acceptors (Lipinski definition) is 5. The molecule has 1 amide bonds. The first kappa shape index (κ1) is 79.6. The van der Waals surface area contributed by atoms with E-state index in [9.17, 15) is 19.8 Å². The fourth-order valence-electron chi connectivity index (χ4n) is 12.1. The number of carbonyl (C=O) groups excluding carboxylic acids is 2. The summed E-state index contributed by atoms with van der Waals surface area (Å²) in [6, 6.07) is -0.539. The van der Waals surface area contributed by atoms with E-state index in [1.165, 1.54) is 353 Å². The van der Waals surface area contributed by atoms with E-state index < -0.39 is 12.1 Å². The first-order valence-corrected chi connectivity index (χ1v) is 37.4. The molecule has 81 heavy (non-hydrogen) atoms. The molecule has 0 saturated heterocycles. The number of esters is 1. The minimum Gasteiger partial charge on any atom is -0.466 e. The molecule has 0 radical (unpaired) electrons. The lowest BCUT2D eigenvalue weighted by Crippen LogP contribution is -2.45. The van der Waals surface area contributed by atoms with Gasteiger partial charge in [0.15, 0.2) is 0 Å². The predicted octanol–water partition coefficient (Wildman–Crippen LogP) is 24.3. The van der Waals surface area contributed by atoms with E-state index >= 15 is 0 Å². The third kappa shape index (κ3) is 67.6. The average Bonchev–Trinajstić information content (AvgIpc) is 3.47. The molecule has 0 fully saturated rings. The zero-order valence-corrected chi connectivity index (χ0v) is 55.3. The number of hydrogen-bond donors (Lipinski definition) is 3. The van der Waals surface area contributed by atoms with Gasteiger partial charge in [0.1, 0.15) is 0 Å². The maximum absolute atomic E-state index is 12.6. The highest BCUT2D eigenvalue weighted by molar-refractivity contribution is 5.76. The van der Waals surface area contributed by atoms with Crippen molar-refractivity contribution in [1.82, 2.24) is 5.32 Å². The number of ether oxygens (including phenoxy) is 1. The standard InChI is InChI=1S/C75H147NO5/c1-3-5-7-9-11-13-15-17-18-19-20-21-29-32-35-38-41-44-47-51-55-59-63-67-73(78)72(71-77)76-74(79)68-64-60-56-52-48-45-42-39-36-33-30-27-25-23-22-24-26-28-31-34-37-40-43-46-50-54-58-62-66-70-81-75(80)69-65-61-57-53-49-16-14-12-10-8-6-4-2/h12,14,72-73,77-78H,3-11,13,15-71H2,1-2H3,(H,76,79)/b14-12-. The lowest BCUT2D eigenvalue weighted by molar-refractivity contribution is -0.143. The number of rotatable bonds is 71. The molecule has 0 spiro atoms. The van der Waals surface area contributed by atoms with Gasteiger partial charge in [0.05, 0.1) is 25.4 Å². The average molecular weight is 1140 g/mol. The molecule has 0 aliphatic heterocycles. The predicted molar refractivity (Wildman–Crippen MR) is 357 cm³/mol. The fraction of sp³-hybridized carbons (Fsp3) is 0.947. The van der Waals surface area contributed by atoms with Crippen LogP contribution in [-0.2, 0) is 14.3 Å². The van der Waals surface area contributed by atoms with E-state index in [-0.39, 0.29) is 18.5 Å². The van der Waals surface area contributed by atoms with Crippen molar-refractivity contribution in [1.29, 1.82) is 0 Å². The number of unbranched alkanes of at least 4 members (excludes halogenated alkanes) is 58. The van der Waals surface area contributed by atoms with Gasteiger partial charge in [-0.2, -0.15) is 0 Å². The van der Waals surface area contributed by atoms with Gasteiger partial charge in [-0.1, -0.05) is 379 Å². The van der Waals surface area contributed by atoms with Crippen LogP contribution in [0.4, 0.5) is 0 Å². The quantitative estimate of drug-likeness (QED) is 0.0320. The van der Waals surface area contributed by atoms with Crippen molar-refractivity contribution in [3.05, 3.63) is 12.2 Å². The van der Waals surface area contributed by atoms with Crippen molar-refractivity contribution >= 4 is 11.9 Å². The molecule has 0 aliphatic rings. The maximum atomic E-state index is 12.6. The third-order valence-corrected chi connectivity index (χ3v) is 17.8. The summed E-state index contributed by atoms with van der Waals surface area (Å²) in [5.41, 5.74) is 0. The first-order chi connectivity index (χ1) is 40.0. The molecule has 6 heteroatoms. The van der Waals surface area contributed by atoms with E-state index in [1.54, 1.807) is 0 Å². The molecule has 6 nitrogen and oxygen atoms in total. The van der Waals surface area contributed by atoms with Crippen LogP contribution in [-0.4, -0.2) is 47.4 Å². The van der Waals surface area contributed by atoms with Crippen molar-refractivity contribution in [3.63, 3.8) is 0 Å². The Balaban J connectivity index is 3.34. The zero-order chi connectivity index (χ0) is 58.5. The van der Waals surface area contributed by atoms with Gasteiger partial charge in [-0.3, -0.25) is 9.59 Å². The molecule has 0 heterocycles. The van der Waals surface area contributed by atoms with E-state index in [1.807, 2.05) is 0 Å². The summed E-state index contributed by atoms with van der Waals surface area (Å²) < 4.78 is 5.48. The second-order valence-corrected chi connectivity index (χ2v) is 26.0. The minimum atomic E-state index is -0.663. The third-order valence-electron chi connectivity index (χ3n) is 17.8. The summed E-state index contributed by atoms with van der Waals surface area (Å²) >= 11 is 0. The van der Waals surface area contributed by atoms with E-state index in [0.717, 1.165) is 44.9 Å². The van der Waals surface area contributed by atoms with Gasteiger partial charge >= 0.3 is 5.97 Å². The van der Waals surface area contributed by atoms with Crippen LogP contribution in [0.5, 0.6) is 0 Å². The van der Waals surface area contributed by atoms with Gasteiger partial charge in [-0.05, 0) is 51.4 Å². The number of allylic oxidation sites excluding steroid dienone is 2. The van der Waals surface area contributed by atoms with E-state index in [0.29, 0.717) is 25.9 Å². The number of nitrogens with one attached hydrogen (secondary N) is 1. The topological polar surface area (TPSA) is 95.9 Å². The van der Waals surface area contributed by atoms with Crippen molar-refractivity contribution in [2.75, 3.05) is 13.2 Å². The normalized spacial score (nSPS) is 12.5. The molecule has 3 N–H and O–H groups in total. The highest BCUT2D eigenvalue weighted by Gasteiger charge is 2.20. The van der Waals surface area contributed by atoms with E-state index in [2.05, 4.69) is 31.3 Å².